The van der Waals surface area contributed by atoms with Crippen molar-refractivity contribution in [3.05, 3.63) is 53.9 Å². The molecule has 0 fully saturated rings. The molecule has 1 aromatic heterocycles. The van der Waals surface area contributed by atoms with Gasteiger partial charge >= 0.3 is 0 Å². The molecule has 5 heteroatoms. The van der Waals surface area contributed by atoms with Crippen LogP contribution < -0.4 is 10.5 Å². The highest BCUT2D eigenvalue weighted by atomic mass is 16.5. The van der Waals surface area contributed by atoms with E-state index in [1.165, 1.54) is 6.20 Å². The lowest BCUT2D eigenvalue weighted by molar-refractivity contribution is 0.0995. The molecule has 0 radical (unpaired) electrons. The minimum atomic E-state index is -0.613. The van der Waals surface area contributed by atoms with E-state index < -0.39 is 5.91 Å². The largest absolute Gasteiger partial charge is 0.494 e. The molecule has 0 aliphatic carbocycles. The van der Waals surface area contributed by atoms with Gasteiger partial charge in [-0.3, -0.25) is 9.78 Å². The van der Waals surface area contributed by atoms with Gasteiger partial charge in [-0.25, -0.2) is 4.98 Å². The number of methoxy groups -OCH3 is 1. The Morgan fingerprint density at radius 3 is 2.55 bits per heavy atom. The molecule has 1 heterocycles. The highest BCUT2D eigenvalue weighted by Crippen LogP contribution is 2.33. The lowest BCUT2D eigenvalue weighted by Crippen LogP contribution is -2.13. The summed E-state index contributed by atoms with van der Waals surface area (Å²) >= 11 is 0. The number of primary amides is 1. The first-order valence-corrected chi connectivity index (χ1v) is 6.81. The van der Waals surface area contributed by atoms with Crippen LogP contribution in [0.3, 0.4) is 0 Å². The number of aryl methyl sites for hydroxylation is 1. The number of ether oxygens (including phenoxy) is 1. The zero-order chi connectivity index (χ0) is 15.7. The number of carbonyl (C=O) groups excluding carboxylic acids is 1. The monoisotopic (exact) mass is 293 g/mol. The van der Waals surface area contributed by atoms with Crippen LogP contribution in [-0.2, 0) is 0 Å². The van der Waals surface area contributed by atoms with Crippen LogP contribution in [0.1, 0.15) is 16.1 Å². The third-order valence-corrected chi connectivity index (χ3v) is 3.57. The number of nitrogens with zero attached hydrogens (tertiary/aromatic N) is 2. The molecule has 0 saturated heterocycles. The zero-order valence-electron chi connectivity index (χ0n) is 12.3. The maximum Gasteiger partial charge on any atom is 0.268 e. The number of carbonyl (C=O) groups is 1. The van der Waals surface area contributed by atoms with Crippen molar-refractivity contribution in [2.75, 3.05) is 7.11 Å². The summed E-state index contributed by atoms with van der Waals surface area (Å²) in [6.07, 6.45) is 1.39. The summed E-state index contributed by atoms with van der Waals surface area (Å²) in [6, 6.07) is 11.8. The average molecular weight is 293 g/mol. The predicted octanol–water partition coefficient (Wildman–Crippen LogP) is 2.71. The first kappa shape index (κ1) is 14.0. The second kappa shape index (κ2) is 5.44. The SMILES string of the molecule is COc1ccc(-c2ccccc2C)c2ncc(C(N)=O)nc12. The van der Waals surface area contributed by atoms with Crippen molar-refractivity contribution in [3.63, 3.8) is 0 Å². The molecule has 5 nitrogen and oxygen atoms in total. The fraction of sp³-hybridized carbons (Fsp3) is 0.118. The topological polar surface area (TPSA) is 78.1 Å². The van der Waals surface area contributed by atoms with Gasteiger partial charge in [0.15, 0.2) is 0 Å². The van der Waals surface area contributed by atoms with Crippen molar-refractivity contribution in [1.82, 2.24) is 9.97 Å². The number of aromatic nitrogens is 2. The van der Waals surface area contributed by atoms with Gasteiger partial charge in [-0.2, -0.15) is 0 Å². The first-order valence-electron chi connectivity index (χ1n) is 6.81. The molecule has 0 atom stereocenters. The third-order valence-electron chi connectivity index (χ3n) is 3.57. The predicted molar refractivity (Wildman–Crippen MR) is 84.8 cm³/mol. The summed E-state index contributed by atoms with van der Waals surface area (Å²) in [5.41, 5.74) is 9.75. The Morgan fingerprint density at radius 2 is 1.86 bits per heavy atom. The fourth-order valence-electron chi connectivity index (χ4n) is 2.45. The fourth-order valence-corrected chi connectivity index (χ4v) is 2.45. The van der Waals surface area contributed by atoms with Crippen molar-refractivity contribution in [2.24, 2.45) is 5.73 Å². The van der Waals surface area contributed by atoms with Crippen LogP contribution in [0.2, 0.25) is 0 Å². The second-order valence-corrected chi connectivity index (χ2v) is 4.95. The summed E-state index contributed by atoms with van der Waals surface area (Å²) in [5.74, 6) is -0.0549. The van der Waals surface area contributed by atoms with E-state index in [2.05, 4.69) is 9.97 Å². The molecule has 0 aliphatic heterocycles. The van der Waals surface area contributed by atoms with Gasteiger partial charge in [0.25, 0.3) is 5.91 Å². The number of hydrogen-bond donors (Lipinski definition) is 1. The van der Waals surface area contributed by atoms with Gasteiger partial charge in [-0.15, -0.1) is 0 Å². The molecule has 0 aliphatic rings. The molecular weight excluding hydrogens is 278 g/mol. The van der Waals surface area contributed by atoms with E-state index in [1.54, 1.807) is 7.11 Å². The van der Waals surface area contributed by atoms with Crippen molar-refractivity contribution in [2.45, 2.75) is 6.92 Å². The molecule has 0 saturated carbocycles. The number of rotatable bonds is 3. The van der Waals surface area contributed by atoms with E-state index in [4.69, 9.17) is 10.5 Å². The Hall–Kier alpha value is -2.95. The third kappa shape index (κ3) is 2.26. The maximum atomic E-state index is 11.3. The van der Waals surface area contributed by atoms with Crippen molar-refractivity contribution >= 4 is 16.9 Å². The highest BCUT2D eigenvalue weighted by molar-refractivity contribution is 5.98. The zero-order valence-corrected chi connectivity index (χ0v) is 12.3. The van der Waals surface area contributed by atoms with Gasteiger partial charge in [0.1, 0.15) is 22.5 Å². The molecule has 0 unspecified atom stereocenters. The highest BCUT2D eigenvalue weighted by Gasteiger charge is 2.14. The average Bonchev–Trinajstić information content (AvgIpc) is 2.54. The van der Waals surface area contributed by atoms with Crippen LogP contribution >= 0.6 is 0 Å². The second-order valence-electron chi connectivity index (χ2n) is 4.95. The lowest BCUT2D eigenvalue weighted by atomic mass is 9.99. The number of fused-ring (bicyclic) bond motifs is 1. The summed E-state index contributed by atoms with van der Waals surface area (Å²) in [5, 5.41) is 0. The van der Waals surface area contributed by atoms with Crippen molar-refractivity contribution in [1.29, 1.82) is 0 Å². The van der Waals surface area contributed by atoms with Crippen LogP contribution in [-0.4, -0.2) is 23.0 Å². The Kier molecular flexibility index (Phi) is 3.47. The van der Waals surface area contributed by atoms with Gasteiger partial charge in [0.05, 0.1) is 13.3 Å². The standard InChI is InChI=1S/C17H15N3O2/c1-10-5-3-4-6-11(10)12-7-8-14(22-2)16-15(12)19-9-13(20-16)17(18)21/h3-9H,1-2H3,(H2,18,21). The molecule has 2 N–H and O–H groups in total. The van der Waals surface area contributed by atoms with E-state index in [0.717, 1.165) is 16.7 Å². The van der Waals surface area contributed by atoms with Gasteiger partial charge in [0.2, 0.25) is 0 Å². The Bertz CT molecular complexity index is 875. The molecule has 22 heavy (non-hydrogen) atoms. The Morgan fingerprint density at radius 1 is 1.09 bits per heavy atom. The van der Waals surface area contributed by atoms with E-state index in [9.17, 15) is 4.79 Å². The first-order chi connectivity index (χ1) is 10.6. The summed E-state index contributed by atoms with van der Waals surface area (Å²) < 4.78 is 5.33. The number of nitrogens with two attached hydrogens (primary N) is 1. The smallest absolute Gasteiger partial charge is 0.268 e. The van der Waals surface area contributed by atoms with Crippen LogP contribution in [0.15, 0.2) is 42.6 Å². The minimum absolute atomic E-state index is 0.118. The van der Waals surface area contributed by atoms with Gasteiger partial charge < -0.3 is 10.5 Å². The van der Waals surface area contributed by atoms with E-state index in [-0.39, 0.29) is 5.69 Å². The van der Waals surface area contributed by atoms with Crippen LogP contribution in [0.5, 0.6) is 5.75 Å². The number of hydrogen-bond acceptors (Lipinski definition) is 4. The number of amides is 1. The normalized spacial score (nSPS) is 10.6. The van der Waals surface area contributed by atoms with Gasteiger partial charge in [-0.05, 0) is 30.2 Å². The summed E-state index contributed by atoms with van der Waals surface area (Å²) in [7, 11) is 1.56. The number of benzene rings is 2. The maximum absolute atomic E-state index is 11.3. The molecule has 0 bridgehead atoms. The molecule has 0 spiro atoms. The van der Waals surface area contributed by atoms with E-state index in [1.807, 2.05) is 43.3 Å². The quantitative estimate of drug-likeness (QED) is 0.805. The Labute approximate surface area is 127 Å². The molecule has 3 rings (SSSR count). The van der Waals surface area contributed by atoms with Crippen LogP contribution in [0.25, 0.3) is 22.2 Å². The molecule has 3 aromatic rings. The Balaban J connectivity index is 2.34. The molecule has 1 amide bonds. The van der Waals surface area contributed by atoms with E-state index in [0.29, 0.717) is 16.8 Å². The molecular formula is C17H15N3O2. The van der Waals surface area contributed by atoms with Gasteiger partial charge in [0, 0.05) is 5.56 Å². The van der Waals surface area contributed by atoms with Crippen molar-refractivity contribution in [3.8, 4) is 16.9 Å². The van der Waals surface area contributed by atoms with E-state index >= 15 is 0 Å². The summed E-state index contributed by atoms with van der Waals surface area (Å²) in [6.45, 7) is 2.04. The lowest BCUT2D eigenvalue weighted by Gasteiger charge is -2.11. The van der Waals surface area contributed by atoms with Crippen molar-refractivity contribution < 1.29 is 9.53 Å². The minimum Gasteiger partial charge on any atom is -0.494 e. The van der Waals surface area contributed by atoms with Crippen LogP contribution in [0, 0.1) is 6.92 Å². The summed E-state index contributed by atoms with van der Waals surface area (Å²) in [4.78, 5) is 20.0. The molecule has 110 valence electrons. The molecule has 2 aromatic carbocycles. The van der Waals surface area contributed by atoms with Gasteiger partial charge in [-0.1, -0.05) is 24.3 Å². The van der Waals surface area contributed by atoms with Crippen LogP contribution in [0.4, 0.5) is 0 Å².